The Bertz CT molecular complexity index is 361. The molecule has 4 heteroatoms. The number of rotatable bonds is 3. The maximum atomic E-state index is 5.12. The Morgan fingerprint density at radius 3 is 2.60 bits per heavy atom. The van der Waals surface area contributed by atoms with Crippen molar-refractivity contribution in [3.05, 3.63) is 35.2 Å². The molecule has 1 heterocycles. The highest BCUT2D eigenvalue weighted by Gasteiger charge is 2.15. The number of nitrogens with one attached hydrogen (secondary N) is 2. The number of benzene rings is 1. The van der Waals surface area contributed by atoms with E-state index in [0.717, 1.165) is 11.4 Å². The van der Waals surface area contributed by atoms with Crippen molar-refractivity contribution in [1.29, 1.82) is 0 Å². The molecule has 1 unspecified atom stereocenters. The minimum Gasteiger partial charge on any atom is -0.497 e. The lowest BCUT2D eigenvalue weighted by Gasteiger charge is -2.11. The van der Waals surface area contributed by atoms with Gasteiger partial charge in [-0.2, -0.15) is 0 Å². The van der Waals surface area contributed by atoms with Crippen LogP contribution in [0.25, 0.3) is 5.70 Å². The molecule has 3 nitrogen and oxygen atoms in total. The van der Waals surface area contributed by atoms with Crippen molar-refractivity contribution < 1.29 is 4.74 Å². The van der Waals surface area contributed by atoms with Crippen LogP contribution in [0.5, 0.6) is 5.75 Å². The van der Waals surface area contributed by atoms with E-state index >= 15 is 0 Å². The molecule has 0 aliphatic carbocycles. The average molecular weight is 222 g/mol. The number of methoxy groups -OCH3 is 1. The molecular weight excluding hydrogens is 208 g/mol. The quantitative estimate of drug-likeness (QED) is 0.817. The molecule has 0 spiro atoms. The minimum atomic E-state index is 0.280. The van der Waals surface area contributed by atoms with E-state index in [1.54, 1.807) is 18.9 Å². The topological polar surface area (TPSA) is 33.3 Å². The highest BCUT2D eigenvalue weighted by atomic mass is 32.2. The standard InChI is InChI=1S/C11H14N2OS/c1-12-11-13-10(7-15-11)8-3-5-9(14-2)6-4-8/h3-7,11-13H,1-2H3. The van der Waals surface area contributed by atoms with Gasteiger partial charge in [-0.15, -0.1) is 0 Å². The first kappa shape index (κ1) is 10.4. The average Bonchev–Trinajstić information content (AvgIpc) is 2.78. The lowest BCUT2D eigenvalue weighted by atomic mass is 10.2. The van der Waals surface area contributed by atoms with E-state index in [-0.39, 0.29) is 5.50 Å². The molecular formula is C11H14N2OS. The summed E-state index contributed by atoms with van der Waals surface area (Å²) >= 11 is 1.74. The van der Waals surface area contributed by atoms with Gasteiger partial charge in [-0.25, -0.2) is 0 Å². The Morgan fingerprint density at radius 1 is 1.33 bits per heavy atom. The summed E-state index contributed by atoms with van der Waals surface area (Å²) in [4.78, 5) is 0. The van der Waals surface area contributed by atoms with Gasteiger partial charge in [-0.1, -0.05) is 11.8 Å². The van der Waals surface area contributed by atoms with Crippen LogP contribution in [0.15, 0.2) is 29.7 Å². The molecule has 0 aromatic heterocycles. The van der Waals surface area contributed by atoms with Crippen molar-refractivity contribution in [2.75, 3.05) is 14.2 Å². The molecule has 1 aliphatic heterocycles. The smallest absolute Gasteiger partial charge is 0.129 e. The molecule has 0 bridgehead atoms. The Hall–Kier alpha value is -1.13. The van der Waals surface area contributed by atoms with E-state index in [9.17, 15) is 0 Å². The molecule has 0 fully saturated rings. The summed E-state index contributed by atoms with van der Waals surface area (Å²) in [7, 11) is 3.62. The third-order valence-electron chi connectivity index (χ3n) is 2.27. The lowest BCUT2D eigenvalue weighted by molar-refractivity contribution is 0.415. The van der Waals surface area contributed by atoms with E-state index in [1.165, 1.54) is 5.56 Å². The Labute approximate surface area is 93.9 Å². The third kappa shape index (κ3) is 2.27. The van der Waals surface area contributed by atoms with Crippen LogP contribution in [0.3, 0.4) is 0 Å². The van der Waals surface area contributed by atoms with Crippen molar-refractivity contribution in [2.24, 2.45) is 0 Å². The van der Waals surface area contributed by atoms with Gasteiger partial charge < -0.3 is 10.1 Å². The molecule has 1 atom stereocenters. The SMILES string of the molecule is CNC1NC(c2ccc(OC)cc2)=CS1. The second kappa shape index (κ2) is 4.59. The van der Waals surface area contributed by atoms with Gasteiger partial charge in [-0.3, -0.25) is 5.32 Å². The highest BCUT2D eigenvalue weighted by Crippen LogP contribution is 2.26. The molecule has 80 valence electrons. The first-order valence-electron chi connectivity index (χ1n) is 4.77. The predicted octanol–water partition coefficient (Wildman–Crippen LogP) is 1.83. The molecule has 2 rings (SSSR count). The fourth-order valence-electron chi connectivity index (χ4n) is 1.41. The summed E-state index contributed by atoms with van der Waals surface area (Å²) in [5.74, 6) is 0.884. The van der Waals surface area contributed by atoms with Crippen molar-refractivity contribution in [2.45, 2.75) is 5.50 Å². The van der Waals surface area contributed by atoms with Gasteiger partial charge in [0.25, 0.3) is 0 Å². The molecule has 1 aromatic carbocycles. The molecule has 0 amide bonds. The van der Waals surface area contributed by atoms with E-state index in [1.807, 2.05) is 19.2 Å². The predicted molar refractivity (Wildman–Crippen MR) is 64.5 cm³/mol. The van der Waals surface area contributed by atoms with Crippen LogP contribution in [0.4, 0.5) is 0 Å². The van der Waals surface area contributed by atoms with E-state index in [4.69, 9.17) is 4.74 Å². The van der Waals surface area contributed by atoms with Crippen LogP contribution in [-0.4, -0.2) is 19.7 Å². The second-order valence-electron chi connectivity index (χ2n) is 3.21. The molecule has 1 aliphatic rings. The number of hydrogen-bond acceptors (Lipinski definition) is 4. The van der Waals surface area contributed by atoms with Gasteiger partial charge >= 0.3 is 0 Å². The highest BCUT2D eigenvalue weighted by molar-refractivity contribution is 8.03. The van der Waals surface area contributed by atoms with E-state index in [0.29, 0.717) is 0 Å². The maximum absolute atomic E-state index is 5.12. The summed E-state index contributed by atoms with van der Waals surface area (Å²) in [5, 5.41) is 8.66. The van der Waals surface area contributed by atoms with Crippen LogP contribution < -0.4 is 15.4 Å². The van der Waals surface area contributed by atoms with Gasteiger partial charge in [0, 0.05) is 5.70 Å². The van der Waals surface area contributed by atoms with Crippen molar-refractivity contribution >= 4 is 17.5 Å². The van der Waals surface area contributed by atoms with Gasteiger partial charge in [-0.05, 0) is 42.3 Å². The van der Waals surface area contributed by atoms with Gasteiger partial charge in [0.2, 0.25) is 0 Å². The van der Waals surface area contributed by atoms with Crippen LogP contribution >= 0.6 is 11.8 Å². The van der Waals surface area contributed by atoms with Crippen LogP contribution in [-0.2, 0) is 0 Å². The Kier molecular flexibility index (Phi) is 3.18. The maximum Gasteiger partial charge on any atom is 0.129 e. The third-order valence-corrected chi connectivity index (χ3v) is 3.27. The minimum absolute atomic E-state index is 0.280. The first-order valence-corrected chi connectivity index (χ1v) is 5.71. The summed E-state index contributed by atoms with van der Waals surface area (Å²) in [5.41, 5.74) is 2.62. The first-order chi connectivity index (χ1) is 7.33. The van der Waals surface area contributed by atoms with Gasteiger partial charge in [0.15, 0.2) is 0 Å². The van der Waals surface area contributed by atoms with Crippen molar-refractivity contribution in [3.63, 3.8) is 0 Å². The molecule has 0 saturated carbocycles. The van der Waals surface area contributed by atoms with Crippen LogP contribution in [0.2, 0.25) is 0 Å². The van der Waals surface area contributed by atoms with Crippen molar-refractivity contribution in [3.8, 4) is 5.75 Å². The van der Waals surface area contributed by atoms with Crippen LogP contribution in [0, 0.1) is 0 Å². The Morgan fingerprint density at radius 2 is 2.07 bits per heavy atom. The molecule has 0 saturated heterocycles. The molecule has 2 N–H and O–H groups in total. The monoisotopic (exact) mass is 222 g/mol. The summed E-state index contributed by atoms with van der Waals surface area (Å²) < 4.78 is 5.12. The fourth-order valence-corrected chi connectivity index (χ4v) is 2.21. The van der Waals surface area contributed by atoms with Crippen LogP contribution in [0.1, 0.15) is 5.56 Å². The number of thioether (sulfide) groups is 1. The molecule has 1 aromatic rings. The van der Waals surface area contributed by atoms with Gasteiger partial charge in [0.05, 0.1) is 7.11 Å². The Balaban J connectivity index is 2.10. The number of hydrogen-bond donors (Lipinski definition) is 2. The van der Waals surface area contributed by atoms with E-state index < -0.39 is 0 Å². The number of ether oxygens (including phenoxy) is 1. The zero-order chi connectivity index (χ0) is 10.7. The second-order valence-corrected chi connectivity index (χ2v) is 4.19. The summed E-state index contributed by atoms with van der Waals surface area (Å²) in [6, 6.07) is 8.04. The fraction of sp³-hybridized carbons (Fsp3) is 0.273. The zero-order valence-electron chi connectivity index (χ0n) is 8.78. The normalized spacial score (nSPS) is 19.6. The lowest BCUT2D eigenvalue weighted by Crippen LogP contribution is -2.32. The molecule has 0 radical (unpaired) electrons. The van der Waals surface area contributed by atoms with E-state index in [2.05, 4.69) is 28.2 Å². The molecule has 15 heavy (non-hydrogen) atoms. The zero-order valence-corrected chi connectivity index (χ0v) is 9.60. The summed E-state index contributed by atoms with van der Waals surface area (Å²) in [6.07, 6.45) is 0. The largest absolute Gasteiger partial charge is 0.497 e. The van der Waals surface area contributed by atoms with Gasteiger partial charge in [0.1, 0.15) is 11.2 Å². The van der Waals surface area contributed by atoms with Crippen molar-refractivity contribution in [1.82, 2.24) is 10.6 Å². The summed E-state index contributed by atoms with van der Waals surface area (Å²) in [6.45, 7) is 0.